The minimum absolute atomic E-state index is 0.219. The fourth-order valence-corrected chi connectivity index (χ4v) is 3.91. The molecular formula is C24H26FN5OS. The minimum Gasteiger partial charge on any atom is -0.481 e. The van der Waals surface area contributed by atoms with Crippen LogP contribution in [0.5, 0.6) is 5.88 Å². The first-order valence-electron chi connectivity index (χ1n) is 10.6. The van der Waals surface area contributed by atoms with Crippen LogP contribution >= 0.6 is 12.2 Å². The molecule has 1 aliphatic rings. The van der Waals surface area contributed by atoms with Gasteiger partial charge in [-0.15, -0.1) is 0 Å². The third-order valence-corrected chi connectivity index (χ3v) is 5.67. The monoisotopic (exact) mass is 451 g/mol. The normalized spacial score (nSPS) is 12.8. The van der Waals surface area contributed by atoms with Gasteiger partial charge in [0.2, 0.25) is 11.8 Å². The van der Waals surface area contributed by atoms with Gasteiger partial charge in [-0.2, -0.15) is 9.97 Å². The number of benzene rings is 2. The van der Waals surface area contributed by atoms with Gasteiger partial charge in [-0.05, 0) is 60.3 Å². The Kier molecular flexibility index (Phi) is 7.11. The number of nitrogens with zero attached hydrogens (tertiary/aromatic N) is 3. The smallest absolute Gasteiger partial charge is 0.234 e. The van der Waals surface area contributed by atoms with Gasteiger partial charge in [0.1, 0.15) is 11.6 Å². The Balaban J connectivity index is 1.34. The van der Waals surface area contributed by atoms with Crippen molar-refractivity contribution in [3.63, 3.8) is 0 Å². The Morgan fingerprint density at radius 2 is 1.91 bits per heavy atom. The predicted molar refractivity (Wildman–Crippen MR) is 129 cm³/mol. The molecule has 0 unspecified atom stereocenters. The van der Waals surface area contributed by atoms with Crippen molar-refractivity contribution in [2.75, 3.05) is 30.4 Å². The maximum absolute atomic E-state index is 13.0. The zero-order valence-corrected chi connectivity index (χ0v) is 18.8. The molecule has 1 aliphatic heterocycles. The van der Waals surface area contributed by atoms with E-state index in [0.29, 0.717) is 23.5 Å². The summed E-state index contributed by atoms with van der Waals surface area (Å²) in [5.74, 6) is 1.46. The highest BCUT2D eigenvalue weighted by Gasteiger charge is 2.19. The van der Waals surface area contributed by atoms with Crippen LogP contribution in [-0.2, 0) is 19.4 Å². The maximum atomic E-state index is 13.0. The van der Waals surface area contributed by atoms with Crippen LogP contribution in [0.3, 0.4) is 0 Å². The molecule has 0 fully saturated rings. The molecule has 0 atom stereocenters. The first-order chi connectivity index (χ1) is 15.6. The van der Waals surface area contributed by atoms with Crippen molar-refractivity contribution in [3.8, 4) is 5.88 Å². The number of thiocarbonyl (C=S) groups is 1. The lowest BCUT2D eigenvalue weighted by Crippen LogP contribution is -2.32. The number of hydrogen-bond acceptors (Lipinski definition) is 5. The standard InChI is InChI=1S/C24H26FN5OS/c1-31-22-15-21(30-14-12-18-6-2-3-7-19(18)16-30)27-23(28-22)29-24(32)26-13-4-5-17-8-10-20(25)11-9-17/h2-3,6-11,15H,4-5,12-14,16H2,1H3,(H2,26,27,28,29,32). The van der Waals surface area contributed by atoms with Crippen LogP contribution in [0.25, 0.3) is 0 Å². The number of aryl methyl sites for hydroxylation is 1. The molecule has 3 aromatic rings. The average molecular weight is 452 g/mol. The van der Waals surface area contributed by atoms with Gasteiger partial charge in [-0.1, -0.05) is 36.4 Å². The summed E-state index contributed by atoms with van der Waals surface area (Å²) in [4.78, 5) is 11.3. The Bertz CT molecular complexity index is 1080. The molecule has 0 amide bonds. The molecule has 0 bridgehead atoms. The van der Waals surface area contributed by atoms with Gasteiger partial charge in [0.05, 0.1) is 7.11 Å². The third-order valence-electron chi connectivity index (χ3n) is 5.42. The molecule has 1 aromatic heterocycles. The largest absolute Gasteiger partial charge is 0.481 e. The van der Waals surface area contributed by atoms with Gasteiger partial charge < -0.3 is 20.3 Å². The van der Waals surface area contributed by atoms with E-state index in [9.17, 15) is 4.39 Å². The second-order valence-corrected chi connectivity index (χ2v) is 8.05. The number of anilines is 2. The maximum Gasteiger partial charge on any atom is 0.234 e. The highest BCUT2D eigenvalue weighted by Crippen LogP contribution is 2.26. The van der Waals surface area contributed by atoms with Crippen LogP contribution in [-0.4, -0.2) is 35.3 Å². The van der Waals surface area contributed by atoms with E-state index in [0.717, 1.165) is 43.7 Å². The quantitative estimate of drug-likeness (QED) is 0.414. The summed E-state index contributed by atoms with van der Waals surface area (Å²) < 4.78 is 18.4. The van der Waals surface area contributed by atoms with E-state index in [4.69, 9.17) is 17.0 Å². The molecule has 0 spiro atoms. The SMILES string of the molecule is COc1cc(N2CCc3ccccc3C2)nc(NC(=S)NCCCc2ccc(F)cc2)n1. The molecule has 6 nitrogen and oxygen atoms in total. The molecule has 2 aromatic carbocycles. The van der Waals surface area contributed by atoms with Gasteiger partial charge in [-0.3, -0.25) is 0 Å². The zero-order valence-electron chi connectivity index (χ0n) is 18.0. The van der Waals surface area contributed by atoms with Gasteiger partial charge in [0.25, 0.3) is 0 Å². The number of rotatable bonds is 7. The van der Waals surface area contributed by atoms with Gasteiger partial charge in [-0.25, -0.2) is 4.39 Å². The number of ether oxygens (including phenoxy) is 1. The van der Waals surface area contributed by atoms with E-state index in [1.807, 2.05) is 6.07 Å². The number of halogens is 1. The Morgan fingerprint density at radius 1 is 1.12 bits per heavy atom. The van der Waals surface area contributed by atoms with E-state index in [1.165, 1.54) is 23.3 Å². The lowest BCUT2D eigenvalue weighted by atomic mass is 10.00. The van der Waals surface area contributed by atoms with Gasteiger partial charge in [0.15, 0.2) is 5.11 Å². The molecule has 0 radical (unpaired) electrons. The fraction of sp³-hybridized carbons (Fsp3) is 0.292. The minimum atomic E-state index is -0.219. The summed E-state index contributed by atoms with van der Waals surface area (Å²) in [7, 11) is 1.59. The zero-order chi connectivity index (χ0) is 22.3. The molecule has 8 heteroatoms. The number of nitrogens with one attached hydrogen (secondary N) is 2. The van der Waals surface area contributed by atoms with Crippen molar-refractivity contribution < 1.29 is 9.13 Å². The molecule has 0 saturated carbocycles. The van der Waals surface area contributed by atoms with Crippen LogP contribution in [0.1, 0.15) is 23.1 Å². The molecule has 0 saturated heterocycles. The van der Waals surface area contributed by atoms with Crippen LogP contribution in [0, 0.1) is 5.82 Å². The highest BCUT2D eigenvalue weighted by molar-refractivity contribution is 7.80. The lowest BCUT2D eigenvalue weighted by molar-refractivity contribution is 0.397. The van der Waals surface area contributed by atoms with E-state index in [-0.39, 0.29) is 5.82 Å². The summed E-state index contributed by atoms with van der Waals surface area (Å²) >= 11 is 5.41. The molecule has 0 aliphatic carbocycles. The van der Waals surface area contributed by atoms with Crippen LogP contribution in [0.2, 0.25) is 0 Å². The Morgan fingerprint density at radius 3 is 2.69 bits per heavy atom. The summed E-state index contributed by atoms with van der Waals surface area (Å²) in [5, 5.41) is 6.69. The van der Waals surface area contributed by atoms with Crippen LogP contribution < -0.4 is 20.3 Å². The van der Waals surface area contributed by atoms with Gasteiger partial charge in [0, 0.05) is 25.7 Å². The summed E-state index contributed by atoms with van der Waals surface area (Å²) in [6.07, 6.45) is 2.68. The number of methoxy groups -OCH3 is 1. The fourth-order valence-electron chi connectivity index (χ4n) is 3.72. The molecule has 4 rings (SSSR count). The second kappa shape index (κ2) is 10.4. The van der Waals surface area contributed by atoms with Crippen LogP contribution in [0.4, 0.5) is 16.2 Å². The summed E-state index contributed by atoms with van der Waals surface area (Å²) in [6.45, 7) is 2.35. The topological polar surface area (TPSA) is 62.3 Å². The highest BCUT2D eigenvalue weighted by atomic mass is 32.1. The van der Waals surface area contributed by atoms with Crippen molar-refractivity contribution >= 4 is 29.1 Å². The van der Waals surface area contributed by atoms with Crippen molar-refractivity contribution in [1.82, 2.24) is 15.3 Å². The van der Waals surface area contributed by atoms with Crippen molar-refractivity contribution in [3.05, 3.63) is 77.1 Å². The number of aromatic nitrogens is 2. The van der Waals surface area contributed by atoms with E-state index < -0.39 is 0 Å². The Hall–Kier alpha value is -3.26. The molecule has 166 valence electrons. The average Bonchev–Trinajstić information content (AvgIpc) is 2.82. The summed E-state index contributed by atoms with van der Waals surface area (Å²) in [5.41, 5.74) is 3.79. The van der Waals surface area contributed by atoms with Crippen molar-refractivity contribution in [2.45, 2.75) is 25.8 Å². The second-order valence-electron chi connectivity index (χ2n) is 7.64. The molecule has 2 N–H and O–H groups in total. The predicted octanol–water partition coefficient (Wildman–Crippen LogP) is 4.11. The van der Waals surface area contributed by atoms with E-state index in [1.54, 1.807) is 19.2 Å². The third kappa shape index (κ3) is 5.70. The first-order valence-corrected chi connectivity index (χ1v) is 11.1. The van der Waals surface area contributed by atoms with E-state index >= 15 is 0 Å². The van der Waals surface area contributed by atoms with Crippen molar-refractivity contribution in [1.29, 1.82) is 0 Å². The number of fused-ring (bicyclic) bond motifs is 1. The molecule has 32 heavy (non-hydrogen) atoms. The Labute approximate surface area is 192 Å². The number of hydrogen-bond donors (Lipinski definition) is 2. The molecular weight excluding hydrogens is 425 g/mol. The van der Waals surface area contributed by atoms with Gasteiger partial charge >= 0.3 is 0 Å². The van der Waals surface area contributed by atoms with Crippen LogP contribution in [0.15, 0.2) is 54.6 Å². The lowest BCUT2D eigenvalue weighted by Gasteiger charge is -2.30. The first kappa shape index (κ1) is 22.0. The van der Waals surface area contributed by atoms with Crippen molar-refractivity contribution in [2.24, 2.45) is 0 Å². The molecule has 2 heterocycles. The van der Waals surface area contributed by atoms with E-state index in [2.05, 4.69) is 49.8 Å². The summed E-state index contributed by atoms with van der Waals surface area (Å²) in [6, 6.07) is 16.9.